The van der Waals surface area contributed by atoms with Crippen LogP contribution in [0.5, 0.6) is 0 Å². The zero-order valence-electron chi connectivity index (χ0n) is 16.9. The molecule has 158 valence electrons. The summed E-state index contributed by atoms with van der Waals surface area (Å²) in [5.41, 5.74) is 1.55. The van der Waals surface area contributed by atoms with Crippen molar-refractivity contribution in [3.8, 4) is 0 Å². The van der Waals surface area contributed by atoms with E-state index in [9.17, 15) is 14.4 Å². The van der Waals surface area contributed by atoms with Crippen molar-refractivity contribution in [3.05, 3.63) is 64.1 Å². The molecular formula is C24H22BrN3O3. The average molecular weight is 480 g/mol. The Morgan fingerprint density at radius 3 is 2.68 bits per heavy atom. The monoisotopic (exact) mass is 479 g/mol. The molecule has 4 atom stereocenters. The van der Waals surface area contributed by atoms with E-state index in [-0.39, 0.29) is 23.8 Å². The first-order valence-electron chi connectivity index (χ1n) is 10.8. The van der Waals surface area contributed by atoms with Crippen molar-refractivity contribution in [1.82, 2.24) is 9.80 Å². The molecule has 7 heteroatoms. The van der Waals surface area contributed by atoms with Gasteiger partial charge in [0.05, 0.1) is 11.8 Å². The number of carbonyl (C=O) groups is 3. The maximum absolute atomic E-state index is 13.7. The van der Waals surface area contributed by atoms with E-state index in [1.165, 1.54) is 4.90 Å². The topological polar surface area (TPSA) is 69.7 Å². The van der Waals surface area contributed by atoms with E-state index >= 15 is 0 Å². The van der Waals surface area contributed by atoms with Crippen LogP contribution >= 0.6 is 15.9 Å². The van der Waals surface area contributed by atoms with Crippen LogP contribution in [-0.2, 0) is 26.3 Å². The summed E-state index contributed by atoms with van der Waals surface area (Å²) in [4.78, 5) is 44.4. The summed E-state index contributed by atoms with van der Waals surface area (Å²) in [7, 11) is 0. The van der Waals surface area contributed by atoms with Gasteiger partial charge in [0.25, 0.3) is 0 Å². The van der Waals surface area contributed by atoms with Gasteiger partial charge in [-0.1, -0.05) is 46.3 Å². The summed E-state index contributed by atoms with van der Waals surface area (Å²) in [5.74, 6) is -1.62. The summed E-state index contributed by atoms with van der Waals surface area (Å²) in [5, 5.41) is 3.01. The van der Waals surface area contributed by atoms with Gasteiger partial charge >= 0.3 is 0 Å². The van der Waals surface area contributed by atoms with Crippen molar-refractivity contribution < 1.29 is 14.4 Å². The Labute approximate surface area is 188 Å². The number of halogens is 1. The molecule has 4 aliphatic heterocycles. The zero-order valence-corrected chi connectivity index (χ0v) is 18.5. The molecular weight excluding hydrogens is 458 g/mol. The van der Waals surface area contributed by atoms with Crippen molar-refractivity contribution >= 4 is 39.3 Å². The van der Waals surface area contributed by atoms with Crippen molar-refractivity contribution in [2.45, 2.75) is 30.8 Å². The number of nitrogens with one attached hydrogen (secondary N) is 1. The van der Waals surface area contributed by atoms with E-state index in [1.807, 2.05) is 48.5 Å². The van der Waals surface area contributed by atoms with Gasteiger partial charge in [0.1, 0.15) is 5.54 Å². The van der Waals surface area contributed by atoms with Crippen LogP contribution in [0.4, 0.5) is 5.69 Å². The molecule has 2 unspecified atom stereocenters. The minimum absolute atomic E-state index is 0.0705. The van der Waals surface area contributed by atoms with E-state index < -0.39 is 17.4 Å². The Morgan fingerprint density at radius 2 is 1.87 bits per heavy atom. The van der Waals surface area contributed by atoms with Crippen LogP contribution in [-0.4, -0.2) is 46.7 Å². The molecule has 0 radical (unpaired) electrons. The predicted octanol–water partition coefficient (Wildman–Crippen LogP) is 2.92. The van der Waals surface area contributed by atoms with Gasteiger partial charge in [-0.15, -0.1) is 0 Å². The van der Waals surface area contributed by atoms with Gasteiger partial charge in [0.2, 0.25) is 17.7 Å². The maximum atomic E-state index is 13.7. The van der Waals surface area contributed by atoms with Crippen LogP contribution in [0.25, 0.3) is 0 Å². The number of carbonyl (C=O) groups excluding carboxylic acids is 3. The first kappa shape index (κ1) is 19.2. The third-order valence-electron chi connectivity index (χ3n) is 7.51. The van der Waals surface area contributed by atoms with Gasteiger partial charge in [-0.25, -0.2) is 0 Å². The third kappa shape index (κ3) is 2.44. The summed E-state index contributed by atoms with van der Waals surface area (Å²) in [6.45, 7) is 1.08. The van der Waals surface area contributed by atoms with E-state index in [1.54, 1.807) is 0 Å². The minimum Gasteiger partial charge on any atom is -0.324 e. The molecule has 0 aromatic heterocycles. The van der Waals surface area contributed by atoms with E-state index in [0.717, 1.165) is 40.7 Å². The number of likely N-dealkylation sites (tertiary alicyclic amines) is 1. The van der Waals surface area contributed by atoms with Crippen molar-refractivity contribution in [3.63, 3.8) is 0 Å². The van der Waals surface area contributed by atoms with Gasteiger partial charge in [-0.2, -0.15) is 0 Å². The molecule has 3 amide bonds. The number of hydrogen-bond acceptors (Lipinski definition) is 4. The standard InChI is InChI=1S/C24H22BrN3O3/c25-15-8-9-17-16(13-15)24(23(31)26-17)20-19(18-7-4-11-28(18)24)21(29)27(22(20)30)12-10-14-5-2-1-3-6-14/h1-3,5-6,8-9,13,18-20H,4,7,10-12H2,(H,26,31)/t18?,19-,20+,24?/m0/s1. The Kier molecular flexibility index (Phi) is 4.17. The first-order chi connectivity index (χ1) is 15.0. The summed E-state index contributed by atoms with van der Waals surface area (Å²) < 4.78 is 0.860. The van der Waals surface area contributed by atoms with E-state index in [0.29, 0.717) is 13.0 Å². The Bertz CT molecular complexity index is 1120. The number of hydrogen-bond donors (Lipinski definition) is 1. The van der Waals surface area contributed by atoms with E-state index in [4.69, 9.17) is 0 Å². The van der Waals surface area contributed by atoms with Crippen LogP contribution in [0.2, 0.25) is 0 Å². The molecule has 31 heavy (non-hydrogen) atoms. The summed E-state index contributed by atoms with van der Waals surface area (Å²) in [6, 6.07) is 15.5. The normalized spacial score (nSPS) is 31.3. The smallest absolute Gasteiger partial charge is 0.250 e. The lowest BCUT2D eigenvalue weighted by molar-refractivity contribution is -0.145. The zero-order chi connectivity index (χ0) is 21.3. The minimum atomic E-state index is -1.10. The molecule has 4 aliphatic rings. The summed E-state index contributed by atoms with van der Waals surface area (Å²) in [6.07, 6.45) is 2.39. The first-order valence-corrected chi connectivity index (χ1v) is 11.6. The Hall–Kier alpha value is -2.51. The lowest BCUT2D eigenvalue weighted by atomic mass is 9.75. The second-order valence-electron chi connectivity index (χ2n) is 8.88. The number of imide groups is 1. The van der Waals surface area contributed by atoms with Gasteiger partial charge in [-0.3, -0.25) is 24.2 Å². The molecule has 2 aromatic carbocycles. The predicted molar refractivity (Wildman–Crippen MR) is 118 cm³/mol. The fraction of sp³-hybridized carbons (Fsp3) is 0.375. The number of benzene rings is 2. The third-order valence-corrected chi connectivity index (χ3v) is 8.01. The fourth-order valence-electron chi connectivity index (χ4n) is 6.34. The Morgan fingerprint density at radius 1 is 1.06 bits per heavy atom. The molecule has 1 spiro atoms. The SMILES string of the molecule is O=C1[C@H]2C3CCCN3C3(C(=O)Nc4ccc(Br)cc43)[C@H]2C(=O)N1CCc1ccccc1. The molecule has 2 aromatic rings. The average Bonchev–Trinajstić information content (AvgIpc) is 3.47. The maximum Gasteiger partial charge on any atom is 0.250 e. The summed E-state index contributed by atoms with van der Waals surface area (Å²) >= 11 is 3.53. The van der Waals surface area contributed by atoms with Crippen LogP contribution < -0.4 is 5.32 Å². The highest BCUT2D eigenvalue weighted by atomic mass is 79.9. The molecule has 6 nitrogen and oxygen atoms in total. The largest absolute Gasteiger partial charge is 0.324 e. The number of fused-ring (bicyclic) bond motifs is 7. The molecule has 1 N–H and O–H groups in total. The lowest BCUT2D eigenvalue weighted by Crippen LogP contribution is -2.54. The molecule has 6 rings (SSSR count). The molecule has 3 fully saturated rings. The molecule has 0 aliphatic carbocycles. The van der Waals surface area contributed by atoms with Crippen molar-refractivity contribution in [2.24, 2.45) is 11.8 Å². The molecule has 4 heterocycles. The van der Waals surface area contributed by atoms with Gasteiger partial charge < -0.3 is 5.32 Å². The Balaban J connectivity index is 1.43. The lowest BCUT2D eigenvalue weighted by Gasteiger charge is -2.36. The number of rotatable bonds is 3. The van der Waals surface area contributed by atoms with Crippen LogP contribution in [0.15, 0.2) is 53.0 Å². The van der Waals surface area contributed by atoms with Gasteiger partial charge in [0.15, 0.2) is 0 Å². The van der Waals surface area contributed by atoms with Crippen LogP contribution in [0, 0.1) is 11.8 Å². The number of anilines is 1. The van der Waals surface area contributed by atoms with Gasteiger partial charge in [-0.05, 0) is 49.6 Å². The van der Waals surface area contributed by atoms with E-state index in [2.05, 4.69) is 26.1 Å². The van der Waals surface area contributed by atoms with Crippen molar-refractivity contribution in [1.29, 1.82) is 0 Å². The van der Waals surface area contributed by atoms with Crippen LogP contribution in [0.1, 0.15) is 24.0 Å². The number of amides is 3. The molecule has 3 saturated heterocycles. The molecule has 0 saturated carbocycles. The highest BCUT2D eigenvalue weighted by molar-refractivity contribution is 9.10. The highest BCUT2D eigenvalue weighted by Crippen LogP contribution is 2.60. The highest BCUT2D eigenvalue weighted by Gasteiger charge is 2.74. The fourth-order valence-corrected chi connectivity index (χ4v) is 6.70. The van der Waals surface area contributed by atoms with Crippen molar-refractivity contribution in [2.75, 3.05) is 18.4 Å². The second kappa shape index (κ2) is 6.74. The second-order valence-corrected chi connectivity index (χ2v) is 9.80. The van der Waals surface area contributed by atoms with Gasteiger partial charge in [0, 0.05) is 28.3 Å². The quantitative estimate of drug-likeness (QED) is 0.687. The number of nitrogens with zero attached hydrogens (tertiary/aromatic N) is 2. The van der Waals surface area contributed by atoms with Crippen LogP contribution in [0.3, 0.4) is 0 Å². The molecule has 0 bridgehead atoms.